The van der Waals surface area contributed by atoms with E-state index >= 15 is 0 Å². The van der Waals surface area contributed by atoms with Crippen LogP contribution < -0.4 is 15.4 Å². The number of nitrogens with one attached hydrogen (secondary N) is 2. The van der Waals surface area contributed by atoms with E-state index < -0.39 is 0 Å². The van der Waals surface area contributed by atoms with Crippen LogP contribution in [0.5, 0.6) is 5.75 Å². The Balaban J connectivity index is 1.49. The van der Waals surface area contributed by atoms with E-state index in [-0.39, 0.29) is 11.6 Å². The van der Waals surface area contributed by atoms with E-state index in [1.165, 1.54) is 18.4 Å². The van der Waals surface area contributed by atoms with Crippen LogP contribution in [0.2, 0.25) is 0 Å². The molecule has 0 radical (unpaired) electrons. The van der Waals surface area contributed by atoms with Crippen LogP contribution in [-0.4, -0.2) is 29.6 Å². The van der Waals surface area contributed by atoms with Crippen LogP contribution in [0.25, 0.3) is 0 Å². The second-order valence-electron chi connectivity index (χ2n) is 7.80. The third kappa shape index (κ3) is 4.32. The lowest BCUT2D eigenvalue weighted by molar-refractivity contribution is 0.0396. The van der Waals surface area contributed by atoms with Gasteiger partial charge in [0.15, 0.2) is 5.96 Å². The molecular formula is C22H30N4OS. The maximum absolute atomic E-state index is 6.49. The number of aryl methyl sites for hydroxylation is 1. The van der Waals surface area contributed by atoms with Crippen LogP contribution in [0.3, 0.4) is 0 Å². The SMILES string of the molecule is CCNC(=NCCc1csc(C)n1)NC1CC2(CCCC2)Oc2ccccc21. The first-order chi connectivity index (χ1) is 13.7. The zero-order valence-electron chi connectivity index (χ0n) is 16.8. The van der Waals surface area contributed by atoms with Crippen molar-refractivity contribution in [3.63, 3.8) is 0 Å². The van der Waals surface area contributed by atoms with Crippen LogP contribution in [0.4, 0.5) is 0 Å². The maximum atomic E-state index is 6.49. The van der Waals surface area contributed by atoms with Crippen molar-refractivity contribution < 1.29 is 4.74 Å². The molecule has 1 aliphatic carbocycles. The van der Waals surface area contributed by atoms with E-state index in [1.807, 2.05) is 6.92 Å². The van der Waals surface area contributed by atoms with Gasteiger partial charge < -0.3 is 15.4 Å². The van der Waals surface area contributed by atoms with Crippen molar-refractivity contribution >= 4 is 17.3 Å². The molecule has 2 heterocycles. The summed E-state index contributed by atoms with van der Waals surface area (Å²) in [4.78, 5) is 9.36. The van der Waals surface area contributed by atoms with Crippen molar-refractivity contribution in [1.29, 1.82) is 0 Å². The van der Waals surface area contributed by atoms with E-state index in [2.05, 4.69) is 52.2 Å². The number of fused-ring (bicyclic) bond motifs is 1. The Bertz CT molecular complexity index is 825. The molecule has 0 saturated heterocycles. The van der Waals surface area contributed by atoms with Crippen molar-refractivity contribution in [2.24, 2.45) is 4.99 Å². The number of guanidine groups is 1. The summed E-state index contributed by atoms with van der Waals surface area (Å²) < 4.78 is 6.49. The number of hydrogen-bond donors (Lipinski definition) is 2. The highest BCUT2D eigenvalue weighted by atomic mass is 32.1. The average molecular weight is 399 g/mol. The maximum Gasteiger partial charge on any atom is 0.191 e. The largest absolute Gasteiger partial charge is 0.487 e. The third-order valence-corrected chi connectivity index (χ3v) is 6.49. The zero-order chi connectivity index (χ0) is 19.4. The molecule has 2 aromatic rings. The van der Waals surface area contributed by atoms with E-state index in [0.717, 1.165) is 61.2 Å². The van der Waals surface area contributed by atoms with Gasteiger partial charge in [-0.05, 0) is 45.6 Å². The lowest BCUT2D eigenvalue weighted by Crippen LogP contribution is -2.46. The van der Waals surface area contributed by atoms with Gasteiger partial charge in [0.1, 0.15) is 11.4 Å². The molecule has 1 saturated carbocycles. The van der Waals surface area contributed by atoms with E-state index in [0.29, 0.717) is 0 Å². The molecule has 0 amide bonds. The number of nitrogens with zero attached hydrogens (tertiary/aromatic N) is 2. The number of para-hydroxylation sites is 1. The van der Waals surface area contributed by atoms with Gasteiger partial charge in [0.25, 0.3) is 0 Å². The van der Waals surface area contributed by atoms with Gasteiger partial charge in [0, 0.05) is 36.9 Å². The summed E-state index contributed by atoms with van der Waals surface area (Å²) in [5.41, 5.74) is 2.35. The van der Waals surface area contributed by atoms with Crippen molar-refractivity contribution in [3.05, 3.63) is 45.9 Å². The molecule has 0 bridgehead atoms. The lowest BCUT2D eigenvalue weighted by atomic mass is 9.86. The molecule has 4 rings (SSSR count). The Labute approximate surface area is 171 Å². The number of benzene rings is 1. The summed E-state index contributed by atoms with van der Waals surface area (Å²) in [7, 11) is 0. The van der Waals surface area contributed by atoms with Crippen molar-refractivity contribution in [2.45, 2.75) is 64.0 Å². The molecule has 1 unspecified atom stereocenters. The molecule has 150 valence electrons. The van der Waals surface area contributed by atoms with Gasteiger partial charge in [0.05, 0.1) is 16.7 Å². The molecule has 1 spiro atoms. The van der Waals surface area contributed by atoms with Crippen LogP contribution in [0.15, 0.2) is 34.6 Å². The number of aromatic nitrogens is 1. The van der Waals surface area contributed by atoms with Gasteiger partial charge in [-0.15, -0.1) is 11.3 Å². The Morgan fingerprint density at radius 2 is 2.14 bits per heavy atom. The van der Waals surface area contributed by atoms with Crippen LogP contribution in [0, 0.1) is 6.92 Å². The molecule has 2 aliphatic rings. The molecule has 1 atom stereocenters. The molecule has 2 N–H and O–H groups in total. The Kier molecular flexibility index (Phi) is 5.85. The molecule has 5 nitrogen and oxygen atoms in total. The summed E-state index contributed by atoms with van der Waals surface area (Å²) in [6.07, 6.45) is 6.69. The van der Waals surface area contributed by atoms with Crippen LogP contribution in [0.1, 0.15) is 61.3 Å². The van der Waals surface area contributed by atoms with Gasteiger partial charge in [-0.2, -0.15) is 0 Å². The van der Waals surface area contributed by atoms with Crippen LogP contribution in [-0.2, 0) is 6.42 Å². The first-order valence-corrected chi connectivity index (χ1v) is 11.3. The highest BCUT2D eigenvalue weighted by molar-refractivity contribution is 7.09. The molecule has 1 aliphatic heterocycles. The summed E-state index contributed by atoms with van der Waals surface area (Å²) in [6, 6.07) is 8.67. The topological polar surface area (TPSA) is 58.5 Å². The van der Waals surface area contributed by atoms with Gasteiger partial charge in [-0.3, -0.25) is 4.99 Å². The van der Waals surface area contributed by atoms with Crippen LogP contribution >= 0.6 is 11.3 Å². The number of rotatable bonds is 5. The minimum absolute atomic E-state index is 0.0124. The normalized spacial score (nSPS) is 20.6. The first-order valence-electron chi connectivity index (χ1n) is 10.4. The summed E-state index contributed by atoms with van der Waals surface area (Å²) >= 11 is 1.70. The fourth-order valence-electron chi connectivity index (χ4n) is 4.36. The zero-order valence-corrected chi connectivity index (χ0v) is 17.6. The second-order valence-corrected chi connectivity index (χ2v) is 8.86. The molecular weight excluding hydrogens is 368 g/mol. The predicted molar refractivity (Wildman–Crippen MR) is 115 cm³/mol. The summed E-state index contributed by atoms with van der Waals surface area (Å²) in [5.74, 6) is 1.91. The average Bonchev–Trinajstić information content (AvgIpc) is 3.31. The quantitative estimate of drug-likeness (QED) is 0.579. The fourth-order valence-corrected chi connectivity index (χ4v) is 5.01. The van der Waals surface area contributed by atoms with Crippen molar-refractivity contribution in [2.75, 3.05) is 13.1 Å². The number of ether oxygens (including phenoxy) is 1. The van der Waals surface area contributed by atoms with E-state index in [9.17, 15) is 0 Å². The summed E-state index contributed by atoms with van der Waals surface area (Å²) in [5, 5.41) is 10.4. The smallest absolute Gasteiger partial charge is 0.191 e. The molecule has 1 aromatic carbocycles. The molecule has 1 aromatic heterocycles. The van der Waals surface area contributed by atoms with Gasteiger partial charge in [0.2, 0.25) is 0 Å². The third-order valence-electron chi connectivity index (χ3n) is 5.67. The number of hydrogen-bond acceptors (Lipinski definition) is 4. The summed E-state index contributed by atoms with van der Waals surface area (Å²) in [6.45, 7) is 5.73. The number of aliphatic imine (C=N–C) groups is 1. The first kappa shape index (κ1) is 19.2. The lowest BCUT2D eigenvalue weighted by Gasteiger charge is -2.40. The fraction of sp³-hybridized carbons (Fsp3) is 0.545. The standard InChI is InChI=1S/C22H30N4OS/c1-3-23-21(24-13-10-17-15-28-16(2)25-17)26-19-14-22(11-6-7-12-22)27-20-9-5-4-8-18(19)20/h4-5,8-9,15,19H,3,6-7,10-14H2,1-2H3,(H2,23,24,26). The monoisotopic (exact) mass is 398 g/mol. The van der Waals surface area contributed by atoms with E-state index in [4.69, 9.17) is 9.73 Å². The van der Waals surface area contributed by atoms with Gasteiger partial charge >= 0.3 is 0 Å². The Morgan fingerprint density at radius 1 is 1.32 bits per heavy atom. The van der Waals surface area contributed by atoms with Crippen molar-refractivity contribution in [1.82, 2.24) is 15.6 Å². The minimum Gasteiger partial charge on any atom is -0.487 e. The predicted octanol–water partition coefficient (Wildman–Crippen LogP) is 4.39. The highest BCUT2D eigenvalue weighted by Crippen LogP contribution is 2.46. The molecule has 1 fully saturated rings. The number of thiazole rings is 1. The van der Waals surface area contributed by atoms with Crippen molar-refractivity contribution in [3.8, 4) is 5.75 Å². The Morgan fingerprint density at radius 3 is 2.89 bits per heavy atom. The Hall–Kier alpha value is -2.08. The van der Waals surface area contributed by atoms with Gasteiger partial charge in [-0.1, -0.05) is 18.2 Å². The molecule has 28 heavy (non-hydrogen) atoms. The van der Waals surface area contributed by atoms with Gasteiger partial charge in [-0.25, -0.2) is 4.98 Å². The highest BCUT2D eigenvalue weighted by Gasteiger charge is 2.43. The van der Waals surface area contributed by atoms with E-state index in [1.54, 1.807) is 11.3 Å². The second kappa shape index (κ2) is 8.52. The molecule has 6 heteroatoms. The minimum atomic E-state index is -0.0124.